The van der Waals surface area contributed by atoms with E-state index in [1.165, 1.54) is 5.56 Å². The van der Waals surface area contributed by atoms with Gasteiger partial charge in [0.05, 0.1) is 6.61 Å². The summed E-state index contributed by atoms with van der Waals surface area (Å²) in [5.41, 5.74) is 1.61. The molecule has 3 nitrogen and oxygen atoms in total. The van der Waals surface area contributed by atoms with Crippen LogP contribution in [0, 0.1) is 0 Å². The van der Waals surface area contributed by atoms with E-state index >= 15 is 0 Å². The molecule has 0 heterocycles. The van der Waals surface area contributed by atoms with Gasteiger partial charge in [-0.05, 0) is 31.7 Å². The molecule has 1 atom stereocenters. The van der Waals surface area contributed by atoms with Crippen molar-refractivity contribution in [2.24, 2.45) is 0 Å². The van der Waals surface area contributed by atoms with E-state index in [4.69, 9.17) is 9.47 Å². The maximum absolute atomic E-state index is 5.51. The normalized spacial score (nSPS) is 14.0. The van der Waals surface area contributed by atoms with Crippen LogP contribution in [0.5, 0.6) is 0 Å². The Labute approximate surface area is 130 Å². The molecule has 1 aromatic carbocycles. The molecule has 0 aromatic heterocycles. The largest absolute Gasteiger partial charge is 0.383 e. The van der Waals surface area contributed by atoms with Gasteiger partial charge < -0.3 is 14.8 Å². The summed E-state index contributed by atoms with van der Waals surface area (Å²) in [6.45, 7) is 8.63. The highest BCUT2D eigenvalue weighted by Gasteiger charge is 2.29. The Morgan fingerprint density at radius 3 is 2.48 bits per heavy atom. The Kier molecular flexibility index (Phi) is 9.31. The first-order valence-corrected chi connectivity index (χ1v) is 8.12. The van der Waals surface area contributed by atoms with Crippen LogP contribution in [0.1, 0.15) is 38.7 Å². The van der Waals surface area contributed by atoms with Gasteiger partial charge in [0.1, 0.15) is 0 Å². The van der Waals surface area contributed by atoms with Crippen LogP contribution >= 0.6 is 0 Å². The third-order valence-corrected chi connectivity index (χ3v) is 4.16. The van der Waals surface area contributed by atoms with Crippen LogP contribution in [-0.4, -0.2) is 40.0 Å². The topological polar surface area (TPSA) is 30.5 Å². The average Bonchev–Trinajstić information content (AvgIpc) is 2.54. The smallest absolute Gasteiger partial charge is 0.0587 e. The molecule has 0 amide bonds. The van der Waals surface area contributed by atoms with Crippen LogP contribution in [0.3, 0.4) is 0 Å². The molecule has 1 aromatic rings. The van der Waals surface area contributed by atoms with Crippen molar-refractivity contribution in [3.05, 3.63) is 35.9 Å². The second-order valence-electron chi connectivity index (χ2n) is 5.47. The van der Waals surface area contributed by atoms with Crippen molar-refractivity contribution >= 4 is 0 Å². The zero-order chi connectivity index (χ0) is 15.4. The zero-order valence-electron chi connectivity index (χ0n) is 13.9. The predicted molar refractivity (Wildman–Crippen MR) is 88.9 cm³/mol. The number of hydrogen-bond donors (Lipinski definition) is 1. The van der Waals surface area contributed by atoms with Gasteiger partial charge in [0.15, 0.2) is 0 Å². The number of benzene rings is 1. The Hall–Kier alpha value is -0.900. The van der Waals surface area contributed by atoms with Crippen molar-refractivity contribution < 1.29 is 9.47 Å². The molecule has 21 heavy (non-hydrogen) atoms. The van der Waals surface area contributed by atoms with Gasteiger partial charge in [0.2, 0.25) is 0 Å². The highest BCUT2D eigenvalue weighted by Crippen LogP contribution is 2.32. The molecule has 0 radical (unpaired) electrons. The molecule has 0 aliphatic heterocycles. The monoisotopic (exact) mass is 293 g/mol. The number of rotatable bonds is 12. The molecule has 1 rings (SSSR count). The highest BCUT2D eigenvalue weighted by atomic mass is 16.5. The third kappa shape index (κ3) is 6.16. The lowest BCUT2D eigenvalue weighted by Gasteiger charge is -2.34. The average molecular weight is 293 g/mol. The summed E-state index contributed by atoms with van der Waals surface area (Å²) < 4.78 is 10.6. The summed E-state index contributed by atoms with van der Waals surface area (Å²) in [7, 11) is 1.74. The summed E-state index contributed by atoms with van der Waals surface area (Å²) in [6, 6.07) is 10.9. The fourth-order valence-corrected chi connectivity index (χ4v) is 2.79. The maximum Gasteiger partial charge on any atom is 0.0587 e. The summed E-state index contributed by atoms with van der Waals surface area (Å²) in [6.07, 6.45) is 3.37. The lowest BCUT2D eigenvalue weighted by atomic mass is 9.74. The first-order chi connectivity index (χ1) is 10.3. The Bertz CT molecular complexity index is 341. The van der Waals surface area contributed by atoms with Gasteiger partial charge in [-0.3, -0.25) is 0 Å². The van der Waals surface area contributed by atoms with Crippen molar-refractivity contribution in [2.45, 2.75) is 38.5 Å². The fraction of sp³-hybridized carbons (Fsp3) is 0.667. The van der Waals surface area contributed by atoms with Gasteiger partial charge in [0, 0.05) is 38.8 Å². The second kappa shape index (κ2) is 10.8. The van der Waals surface area contributed by atoms with E-state index in [2.05, 4.69) is 49.5 Å². The second-order valence-corrected chi connectivity index (χ2v) is 5.47. The van der Waals surface area contributed by atoms with Gasteiger partial charge in [-0.15, -0.1) is 0 Å². The van der Waals surface area contributed by atoms with Gasteiger partial charge in [-0.25, -0.2) is 0 Å². The van der Waals surface area contributed by atoms with Gasteiger partial charge in [-0.2, -0.15) is 0 Å². The van der Waals surface area contributed by atoms with E-state index < -0.39 is 0 Å². The molecular weight excluding hydrogens is 262 g/mol. The minimum absolute atomic E-state index is 0.187. The summed E-state index contributed by atoms with van der Waals surface area (Å²) in [5.74, 6) is 0. The molecule has 0 bridgehead atoms. The minimum Gasteiger partial charge on any atom is -0.383 e. The quantitative estimate of drug-likeness (QED) is 0.599. The molecule has 3 heteroatoms. The molecule has 0 aliphatic carbocycles. The Morgan fingerprint density at radius 1 is 1.10 bits per heavy atom. The fourth-order valence-electron chi connectivity index (χ4n) is 2.79. The first-order valence-electron chi connectivity index (χ1n) is 8.12. The minimum atomic E-state index is 0.187. The molecule has 0 aliphatic rings. The first kappa shape index (κ1) is 18.1. The van der Waals surface area contributed by atoms with Crippen LogP contribution in [-0.2, 0) is 14.9 Å². The van der Waals surface area contributed by atoms with E-state index in [1.807, 2.05) is 0 Å². The molecule has 1 N–H and O–H groups in total. The molecule has 0 spiro atoms. The third-order valence-electron chi connectivity index (χ3n) is 4.16. The molecule has 1 unspecified atom stereocenters. The number of nitrogens with one attached hydrogen (secondary N) is 1. The number of methoxy groups -OCH3 is 1. The van der Waals surface area contributed by atoms with Gasteiger partial charge in [-0.1, -0.05) is 37.3 Å². The predicted octanol–water partition coefficient (Wildman–Crippen LogP) is 3.39. The van der Waals surface area contributed by atoms with Crippen molar-refractivity contribution in [3.8, 4) is 0 Å². The lowest BCUT2D eigenvalue weighted by Crippen LogP contribution is -2.39. The van der Waals surface area contributed by atoms with Gasteiger partial charge in [0.25, 0.3) is 0 Å². The van der Waals surface area contributed by atoms with E-state index in [0.717, 1.165) is 52.2 Å². The van der Waals surface area contributed by atoms with Crippen molar-refractivity contribution in [1.82, 2.24) is 5.32 Å². The van der Waals surface area contributed by atoms with Crippen LogP contribution in [0.15, 0.2) is 30.3 Å². The molecule has 0 saturated carbocycles. The van der Waals surface area contributed by atoms with Crippen LogP contribution in [0.2, 0.25) is 0 Å². The lowest BCUT2D eigenvalue weighted by molar-refractivity contribution is 0.135. The van der Waals surface area contributed by atoms with Crippen molar-refractivity contribution in [2.75, 3.05) is 40.0 Å². The summed E-state index contributed by atoms with van der Waals surface area (Å²) >= 11 is 0. The van der Waals surface area contributed by atoms with E-state index in [-0.39, 0.29) is 5.41 Å². The van der Waals surface area contributed by atoms with E-state index in [9.17, 15) is 0 Å². The molecule has 0 fully saturated rings. The molecule has 0 saturated heterocycles. The molecular formula is C18H31NO2. The zero-order valence-corrected chi connectivity index (χ0v) is 13.9. The van der Waals surface area contributed by atoms with Crippen LogP contribution < -0.4 is 5.32 Å². The van der Waals surface area contributed by atoms with Crippen LogP contribution in [0.25, 0.3) is 0 Å². The van der Waals surface area contributed by atoms with Gasteiger partial charge >= 0.3 is 0 Å². The number of hydrogen-bond acceptors (Lipinski definition) is 3. The Morgan fingerprint density at radius 2 is 1.86 bits per heavy atom. The standard InChI is InChI=1S/C18H31NO2/c1-4-18(12-9-14-21-5-2,16-19-13-15-20-3)17-10-7-6-8-11-17/h6-8,10-11,19H,4-5,9,12-16H2,1-3H3. The maximum atomic E-state index is 5.51. The SMILES string of the molecule is CCOCCCC(CC)(CNCCOC)c1ccccc1. The van der Waals surface area contributed by atoms with Crippen molar-refractivity contribution in [3.63, 3.8) is 0 Å². The summed E-state index contributed by atoms with van der Waals surface area (Å²) in [4.78, 5) is 0. The summed E-state index contributed by atoms with van der Waals surface area (Å²) in [5, 5.41) is 3.55. The highest BCUT2D eigenvalue weighted by molar-refractivity contribution is 5.26. The van der Waals surface area contributed by atoms with E-state index in [1.54, 1.807) is 7.11 Å². The van der Waals surface area contributed by atoms with E-state index in [0.29, 0.717) is 0 Å². The van der Waals surface area contributed by atoms with Crippen LogP contribution in [0.4, 0.5) is 0 Å². The van der Waals surface area contributed by atoms with Crippen molar-refractivity contribution in [1.29, 1.82) is 0 Å². The molecule has 120 valence electrons. The Balaban J connectivity index is 2.70. The number of ether oxygens (including phenoxy) is 2.